The van der Waals surface area contributed by atoms with E-state index in [1.807, 2.05) is 13.8 Å². The summed E-state index contributed by atoms with van der Waals surface area (Å²) in [6.45, 7) is 6.29. The monoisotopic (exact) mass is 586 g/mol. The lowest BCUT2D eigenvalue weighted by Crippen LogP contribution is -2.53. The van der Waals surface area contributed by atoms with Crippen LogP contribution in [0, 0.1) is 17.8 Å². The van der Waals surface area contributed by atoms with Crippen LogP contribution in [0.2, 0.25) is 0 Å². The number of piperidine rings is 1. The van der Waals surface area contributed by atoms with Crippen molar-refractivity contribution in [2.45, 2.75) is 102 Å². The number of amides is 4. The Morgan fingerprint density at radius 1 is 1.05 bits per heavy atom. The third-order valence-electron chi connectivity index (χ3n) is 8.49. The standard InChI is InChI=1S/C28H44F2N4O7/c1-17(2)13-21(32-26(39)41-16-19-5-7-28(29,30)8-6-19)24(37)31-22(25(38)40-4)14-20-15-27(33-23(20)36)9-11-34(12-10-27)18(3)35/h17,19-22H,5-16H2,1-4H3,(H,31,37)(H,32,39)(H,33,36). The van der Waals surface area contributed by atoms with Crippen molar-refractivity contribution in [2.75, 3.05) is 26.8 Å². The van der Waals surface area contributed by atoms with Crippen LogP contribution in [-0.2, 0) is 28.7 Å². The molecule has 3 aliphatic rings. The van der Waals surface area contributed by atoms with E-state index in [1.54, 1.807) is 4.90 Å². The number of hydrogen-bond donors (Lipinski definition) is 3. The number of methoxy groups -OCH3 is 1. The Balaban J connectivity index is 1.58. The number of likely N-dealkylation sites (tertiary alicyclic amines) is 1. The predicted octanol–water partition coefficient (Wildman–Crippen LogP) is 2.52. The average Bonchev–Trinajstić information content (AvgIpc) is 3.20. The Hall–Kier alpha value is -2.99. The second kappa shape index (κ2) is 13.8. The minimum Gasteiger partial charge on any atom is -0.467 e. The Morgan fingerprint density at radius 3 is 2.24 bits per heavy atom. The quantitative estimate of drug-likeness (QED) is 0.334. The third kappa shape index (κ3) is 9.26. The molecule has 3 atom stereocenters. The van der Waals surface area contributed by atoms with Gasteiger partial charge in [0.1, 0.15) is 12.1 Å². The maximum atomic E-state index is 13.4. The summed E-state index contributed by atoms with van der Waals surface area (Å²) in [5, 5.41) is 8.26. The molecule has 4 amide bonds. The number of esters is 1. The van der Waals surface area contributed by atoms with Gasteiger partial charge in [0, 0.05) is 44.3 Å². The minimum atomic E-state index is -2.68. The molecule has 1 spiro atoms. The highest BCUT2D eigenvalue weighted by atomic mass is 19.3. The Labute approximate surface area is 239 Å². The molecule has 3 N–H and O–H groups in total. The van der Waals surface area contributed by atoms with Crippen molar-refractivity contribution in [1.29, 1.82) is 0 Å². The van der Waals surface area contributed by atoms with Gasteiger partial charge in [-0.15, -0.1) is 0 Å². The highest BCUT2D eigenvalue weighted by molar-refractivity contribution is 5.90. The number of alkyl carbamates (subject to hydrolysis) is 1. The molecular formula is C28H44F2N4O7. The van der Waals surface area contributed by atoms with E-state index >= 15 is 0 Å². The maximum Gasteiger partial charge on any atom is 0.407 e. The first-order valence-electron chi connectivity index (χ1n) is 14.5. The van der Waals surface area contributed by atoms with Crippen molar-refractivity contribution in [3.05, 3.63) is 0 Å². The third-order valence-corrected chi connectivity index (χ3v) is 8.49. The van der Waals surface area contributed by atoms with Crippen LogP contribution in [0.1, 0.15) is 78.6 Å². The molecule has 1 saturated carbocycles. The van der Waals surface area contributed by atoms with Crippen molar-refractivity contribution >= 4 is 29.8 Å². The first kappa shape index (κ1) is 32.5. The number of carbonyl (C=O) groups excluding carboxylic acids is 5. The molecule has 0 aromatic carbocycles. The van der Waals surface area contributed by atoms with Crippen LogP contribution in [0.4, 0.5) is 13.6 Å². The van der Waals surface area contributed by atoms with Crippen molar-refractivity contribution < 1.29 is 42.2 Å². The van der Waals surface area contributed by atoms with Crippen molar-refractivity contribution in [1.82, 2.24) is 20.9 Å². The zero-order chi connectivity index (χ0) is 30.4. The molecule has 13 heteroatoms. The normalized spacial score (nSPS) is 23.4. The molecule has 3 unspecified atom stereocenters. The number of rotatable bonds is 10. The second-order valence-corrected chi connectivity index (χ2v) is 12.2. The molecule has 11 nitrogen and oxygen atoms in total. The second-order valence-electron chi connectivity index (χ2n) is 12.2. The summed E-state index contributed by atoms with van der Waals surface area (Å²) in [5.41, 5.74) is -0.460. The van der Waals surface area contributed by atoms with Gasteiger partial charge in [-0.3, -0.25) is 14.4 Å². The van der Waals surface area contributed by atoms with Crippen molar-refractivity contribution in [3.8, 4) is 0 Å². The number of ether oxygens (including phenoxy) is 2. The van der Waals surface area contributed by atoms with Crippen LogP contribution in [0.5, 0.6) is 0 Å². The van der Waals surface area contributed by atoms with Gasteiger partial charge in [0.25, 0.3) is 0 Å². The van der Waals surface area contributed by atoms with Gasteiger partial charge in [0.05, 0.1) is 13.7 Å². The van der Waals surface area contributed by atoms with Gasteiger partial charge in [-0.1, -0.05) is 13.8 Å². The lowest BCUT2D eigenvalue weighted by atomic mass is 9.82. The summed E-state index contributed by atoms with van der Waals surface area (Å²) >= 11 is 0. The highest BCUT2D eigenvalue weighted by Crippen LogP contribution is 2.37. The number of alkyl halides is 2. The summed E-state index contributed by atoms with van der Waals surface area (Å²) in [6, 6.07) is -2.14. The molecule has 2 saturated heterocycles. The number of carbonyl (C=O) groups is 5. The van der Waals surface area contributed by atoms with Crippen molar-refractivity contribution in [3.63, 3.8) is 0 Å². The topological polar surface area (TPSA) is 143 Å². The Kier molecular flexibility index (Phi) is 10.9. The van der Waals surface area contributed by atoms with Crippen molar-refractivity contribution in [2.24, 2.45) is 17.8 Å². The van der Waals surface area contributed by atoms with Crippen LogP contribution >= 0.6 is 0 Å². The van der Waals surface area contributed by atoms with Gasteiger partial charge in [-0.05, 0) is 56.8 Å². The number of hydrogen-bond acceptors (Lipinski definition) is 7. The van der Waals surface area contributed by atoms with Crippen LogP contribution in [-0.4, -0.2) is 85.0 Å². The molecule has 0 radical (unpaired) electrons. The summed E-state index contributed by atoms with van der Waals surface area (Å²) in [6.07, 6.45) is 1.13. The molecule has 41 heavy (non-hydrogen) atoms. The fourth-order valence-corrected chi connectivity index (χ4v) is 6.01. The maximum absolute atomic E-state index is 13.4. The molecule has 1 aliphatic carbocycles. The van der Waals surface area contributed by atoms with Crippen LogP contribution in [0.15, 0.2) is 0 Å². The van der Waals surface area contributed by atoms with Crippen LogP contribution in [0.25, 0.3) is 0 Å². The SMILES string of the molecule is COC(=O)C(CC1CC2(CCN(C(C)=O)CC2)NC1=O)NC(=O)C(CC(C)C)NC(=O)OCC1CCC(F)(F)CC1. The molecule has 0 aromatic heterocycles. The van der Waals surface area contributed by atoms with E-state index in [2.05, 4.69) is 16.0 Å². The van der Waals surface area contributed by atoms with E-state index in [4.69, 9.17) is 9.47 Å². The van der Waals surface area contributed by atoms with Gasteiger partial charge in [-0.25, -0.2) is 18.4 Å². The summed E-state index contributed by atoms with van der Waals surface area (Å²) in [7, 11) is 1.19. The average molecular weight is 587 g/mol. The molecule has 3 rings (SSSR count). The number of nitrogens with one attached hydrogen (secondary N) is 3. The molecule has 2 heterocycles. The van der Waals surface area contributed by atoms with Gasteiger partial charge >= 0.3 is 12.1 Å². The zero-order valence-corrected chi connectivity index (χ0v) is 24.4. The lowest BCUT2D eigenvalue weighted by molar-refractivity contribution is -0.146. The van der Waals surface area contributed by atoms with E-state index in [-0.39, 0.29) is 68.8 Å². The van der Waals surface area contributed by atoms with Crippen LogP contribution < -0.4 is 16.0 Å². The number of nitrogens with zero attached hydrogens (tertiary/aromatic N) is 1. The fourth-order valence-electron chi connectivity index (χ4n) is 6.01. The summed E-state index contributed by atoms with van der Waals surface area (Å²) in [4.78, 5) is 64.7. The molecule has 232 valence electrons. The summed E-state index contributed by atoms with van der Waals surface area (Å²) in [5.74, 6) is -4.95. The van der Waals surface area contributed by atoms with Crippen LogP contribution in [0.3, 0.4) is 0 Å². The van der Waals surface area contributed by atoms with E-state index < -0.39 is 47.4 Å². The highest BCUT2D eigenvalue weighted by Gasteiger charge is 2.47. The van der Waals surface area contributed by atoms with E-state index in [0.717, 1.165) is 0 Å². The van der Waals surface area contributed by atoms with Gasteiger partial charge in [-0.2, -0.15) is 0 Å². The largest absolute Gasteiger partial charge is 0.467 e. The molecule has 0 aromatic rings. The van der Waals surface area contributed by atoms with Gasteiger partial charge < -0.3 is 30.3 Å². The molecule has 3 fully saturated rings. The Bertz CT molecular complexity index is 974. The van der Waals surface area contributed by atoms with E-state index in [0.29, 0.717) is 32.4 Å². The predicted molar refractivity (Wildman–Crippen MR) is 144 cm³/mol. The fraction of sp³-hybridized carbons (Fsp3) is 0.821. The number of halogens is 2. The lowest BCUT2D eigenvalue weighted by Gasteiger charge is -2.39. The molecule has 0 bridgehead atoms. The molecule has 2 aliphatic heterocycles. The molecular weight excluding hydrogens is 542 g/mol. The smallest absolute Gasteiger partial charge is 0.407 e. The zero-order valence-electron chi connectivity index (χ0n) is 24.4. The Morgan fingerprint density at radius 2 is 1.68 bits per heavy atom. The van der Waals surface area contributed by atoms with E-state index in [9.17, 15) is 32.8 Å². The first-order valence-corrected chi connectivity index (χ1v) is 14.5. The minimum absolute atomic E-state index is 0.00420. The van der Waals surface area contributed by atoms with Gasteiger partial charge in [0.15, 0.2) is 0 Å². The van der Waals surface area contributed by atoms with Gasteiger partial charge in [0.2, 0.25) is 23.6 Å². The first-order chi connectivity index (χ1) is 19.2. The summed E-state index contributed by atoms with van der Waals surface area (Å²) < 4.78 is 36.9. The van der Waals surface area contributed by atoms with E-state index in [1.165, 1.54) is 14.0 Å².